The van der Waals surface area contributed by atoms with Gasteiger partial charge in [-0.1, -0.05) is 6.07 Å². The maximum atomic E-state index is 13.5. The van der Waals surface area contributed by atoms with E-state index in [1.807, 2.05) is 0 Å². The van der Waals surface area contributed by atoms with Crippen molar-refractivity contribution >= 4 is 5.97 Å². The molecule has 1 aromatic carbocycles. The largest absolute Gasteiger partial charge is 0.465 e. The van der Waals surface area contributed by atoms with E-state index in [0.717, 1.165) is 5.56 Å². The molecule has 0 aliphatic heterocycles. The second-order valence-electron chi connectivity index (χ2n) is 3.48. The van der Waals surface area contributed by atoms with Gasteiger partial charge in [-0.25, -0.2) is 9.18 Å². The number of halogens is 1. The van der Waals surface area contributed by atoms with Crippen molar-refractivity contribution in [2.24, 2.45) is 0 Å². The molecule has 0 fully saturated rings. The summed E-state index contributed by atoms with van der Waals surface area (Å²) in [5, 5.41) is 3.08. The number of nitrogens with one attached hydrogen (secondary N) is 1. The van der Waals surface area contributed by atoms with Crippen LogP contribution < -0.4 is 5.32 Å². The molecule has 5 heteroatoms. The summed E-state index contributed by atoms with van der Waals surface area (Å²) in [7, 11) is 2.84. The zero-order valence-electron chi connectivity index (χ0n) is 9.96. The molecule has 94 valence electrons. The summed E-state index contributed by atoms with van der Waals surface area (Å²) in [5.74, 6) is -1.23. The fourth-order valence-electron chi connectivity index (χ4n) is 1.35. The first-order valence-electron chi connectivity index (χ1n) is 5.25. The molecule has 0 saturated carbocycles. The molecular weight excluding hydrogens is 225 g/mol. The lowest BCUT2D eigenvalue weighted by Gasteiger charge is -2.06. The third kappa shape index (κ3) is 4.13. The molecule has 0 heterocycles. The van der Waals surface area contributed by atoms with Crippen molar-refractivity contribution in [2.75, 3.05) is 27.4 Å². The zero-order valence-corrected chi connectivity index (χ0v) is 9.96. The first kappa shape index (κ1) is 13.6. The van der Waals surface area contributed by atoms with Gasteiger partial charge in [0.25, 0.3) is 0 Å². The summed E-state index contributed by atoms with van der Waals surface area (Å²) in [6, 6.07) is 4.44. The number of methoxy groups -OCH3 is 2. The lowest BCUT2D eigenvalue weighted by Crippen LogP contribution is -2.18. The molecule has 1 N–H and O–H groups in total. The minimum absolute atomic E-state index is 0.0480. The Hall–Kier alpha value is -1.46. The van der Waals surface area contributed by atoms with Gasteiger partial charge < -0.3 is 14.8 Å². The molecule has 0 amide bonds. The van der Waals surface area contributed by atoms with E-state index < -0.39 is 11.8 Å². The standard InChI is InChI=1S/C12H16FNO3/c1-16-6-5-14-8-9-3-4-10(11(13)7-9)12(15)17-2/h3-4,7,14H,5-6,8H2,1-2H3. The van der Waals surface area contributed by atoms with Crippen LogP contribution in [0.15, 0.2) is 18.2 Å². The monoisotopic (exact) mass is 241 g/mol. The van der Waals surface area contributed by atoms with Gasteiger partial charge in [-0.3, -0.25) is 0 Å². The predicted molar refractivity (Wildman–Crippen MR) is 61.3 cm³/mol. The molecule has 0 bridgehead atoms. The second-order valence-corrected chi connectivity index (χ2v) is 3.48. The number of carbonyl (C=O) groups is 1. The van der Waals surface area contributed by atoms with Crippen molar-refractivity contribution < 1.29 is 18.7 Å². The summed E-state index contributed by atoms with van der Waals surface area (Å²) in [6.45, 7) is 1.82. The van der Waals surface area contributed by atoms with Gasteiger partial charge in [0.1, 0.15) is 5.82 Å². The third-order valence-corrected chi connectivity index (χ3v) is 2.25. The fourth-order valence-corrected chi connectivity index (χ4v) is 1.35. The minimum Gasteiger partial charge on any atom is -0.465 e. The van der Waals surface area contributed by atoms with Crippen molar-refractivity contribution in [3.63, 3.8) is 0 Å². The Morgan fingerprint density at radius 2 is 2.18 bits per heavy atom. The van der Waals surface area contributed by atoms with Crippen LogP contribution in [-0.2, 0) is 16.0 Å². The number of ether oxygens (including phenoxy) is 2. The van der Waals surface area contributed by atoms with Crippen LogP contribution in [0.2, 0.25) is 0 Å². The second kappa shape index (κ2) is 6.98. The molecule has 0 aliphatic carbocycles. The highest BCUT2D eigenvalue weighted by Crippen LogP contribution is 2.11. The molecule has 4 nitrogen and oxygen atoms in total. The van der Waals surface area contributed by atoms with Gasteiger partial charge in [0.2, 0.25) is 0 Å². The summed E-state index contributed by atoms with van der Waals surface area (Å²) >= 11 is 0. The van der Waals surface area contributed by atoms with Gasteiger partial charge in [0.05, 0.1) is 19.3 Å². The molecule has 0 aromatic heterocycles. The van der Waals surface area contributed by atoms with E-state index in [9.17, 15) is 9.18 Å². The molecule has 1 rings (SSSR count). The molecule has 0 atom stereocenters. The van der Waals surface area contributed by atoms with E-state index in [4.69, 9.17) is 4.74 Å². The van der Waals surface area contributed by atoms with E-state index >= 15 is 0 Å². The van der Waals surface area contributed by atoms with Gasteiger partial charge in [0.15, 0.2) is 0 Å². The third-order valence-electron chi connectivity index (χ3n) is 2.25. The molecule has 0 saturated heterocycles. The number of hydrogen-bond donors (Lipinski definition) is 1. The first-order chi connectivity index (χ1) is 8.19. The quantitative estimate of drug-likeness (QED) is 0.603. The van der Waals surface area contributed by atoms with Crippen LogP contribution >= 0.6 is 0 Å². The highest BCUT2D eigenvalue weighted by Gasteiger charge is 2.11. The Labute approximate surface area is 99.7 Å². The Kier molecular flexibility index (Phi) is 5.59. The summed E-state index contributed by atoms with van der Waals surface area (Å²) < 4.78 is 22.8. The number of hydrogen-bond acceptors (Lipinski definition) is 4. The van der Waals surface area contributed by atoms with Crippen LogP contribution in [0.5, 0.6) is 0 Å². The number of rotatable bonds is 6. The molecule has 0 unspecified atom stereocenters. The first-order valence-corrected chi connectivity index (χ1v) is 5.25. The van der Waals surface area contributed by atoms with E-state index in [0.29, 0.717) is 19.7 Å². The van der Waals surface area contributed by atoms with Crippen molar-refractivity contribution in [2.45, 2.75) is 6.54 Å². The lowest BCUT2D eigenvalue weighted by molar-refractivity contribution is 0.0595. The maximum Gasteiger partial charge on any atom is 0.340 e. The predicted octanol–water partition coefficient (Wildman–Crippen LogP) is 1.35. The van der Waals surface area contributed by atoms with Gasteiger partial charge in [0, 0.05) is 20.2 Å². The number of carbonyl (C=O) groups excluding carboxylic acids is 1. The van der Waals surface area contributed by atoms with Crippen LogP contribution in [0.3, 0.4) is 0 Å². The summed E-state index contributed by atoms with van der Waals surface area (Å²) in [4.78, 5) is 11.2. The van der Waals surface area contributed by atoms with Crippen molar-refractivity contribution in [1.82, 2.24) is 5.32 Å². The van der Waals surface area contributed by atoms with Gasteiger partial charge in [-0.15, -0.1) is 0 Å². The average molecular weight is 241 g/mol. The van der Waals surface area contributed by atoms with Crippen LogP contribution in [0.25, 0.3) is 0 Å². The highest BCUT2D eigenvalue weighted by atomic mass is 19.1. The molecule has 0 radical (unpaired) electrons. The van der Waals surface area contributed by atoms with Crippen LogP contribution in [0.4, 0.5) is 4.39 Å². The smallest absolute Gasteiger partial charge is 0.340 e. The highest BCUT2D eigenvalue weighted by molar-refractivity contribution is 5.89. The molecule has 17 heavy (non-hydrogen) atoms. The molecular formula is C12H16FNO3. The van der Waals surface area contributed by atoms with Gasteiger partial charge >= 0.3 is 5.97 Å². The summed E-state index contributed by atoms with van der Waals surface area (Å²) in [6.07, 6.45) is 0. The average Bonchev–Trinajstić information content (AvgIpc) is 2.34. The summed E-state index contributed by atoms with van der Waals surface area (Å²) in [5.41, 5.74) is 0.722. The Balaban J connectivity index is 2.59. The molecule has 0 spiro atoms. The van der Waals surface area contributed by atoms with Gasteiger partial charge in [-0.2, -0.15) is 0 Å². The van der Waals surface area contributed by atoms with Crippen LogP contribution in [-0.4, -0.2) is 33.3 Å². The van der Waals surface area contributed by atoms with Crippen molar-refractivity contribution in [1.29, 1.82) is 0 Å². The van der Waals surface area contributed by atoms with Gasteiger partial charge in [-0.05, 0) is 17.7 Å². The Morgan fingerprint density at radius 3 is 2.76 bits per heavy atom. The van der Waals surface area contributed by atoms with E-state index in [1.54, 1.807) is 13.2 Å². The lowest BCUT2D eigenvalue weighted by atomic mass is 10.1. The zero-order chi connectivity index (χ0) is 12.7. The minimum atomic E-state index is -0.665. The Bertz CT molecular complexity index is 382. The van der Waals surface area contributed by atoms with E-state index in [-0.39, 0.29) is 5.56 Å². The number of esters is 1. The van der Waals surface area contributed by atoms with E-state index in [2.05, 4.69) is 10.1 Å². The van der Waals surface area contributed by atoms with Crippen molar-refractivity contribution in [3.05, 3.63) is 35.1 Å². The normalized spacial score (nSPS) is 10.3. The molecule has 0 aliphatic rings. The fraction of sp³-hybridized carbons (Fsp3) is 0.417. The maximum absolute atomic E-state index is 13.5. The Morgan fingerprint density at radius 1 is 1.41 bits per heavy atom. The van der Waals surface area contributed by atoms with Crippen LogP contribution in [0.1, 0.15) is 15.9 Å². The SMILES string of the molecule is COCCNCc1ccc(C(=O)OC)c(F)c1. The van der Waals surface area contributed by atoms with E-state index in [1.165, 1.54) is 19.2 Å². The van der Waals surface area contributed by atoms with Crippen LogP contribution in [0, 0.1) is 5.82 Å². The molecule has 1 aromatic rings. The number of benzene rings is 1. The topological polar surface area (TPSA) is 47.6 Å². The van der Waals surface area contributed by atoms with Crippen molar-refractivity contribution in [3.8, 4) is 0 Å².